The zero-order valence-electron chi connectivity index (χ0n) is 10.3. The maximum atomic E-state index is 13.0. The summed E-state index contributed by atoms with van der Waals surface area (Å²) >= 11 is 0. The fourth-order valence-electron chi connectivity index (χ4n) is 2.22. The molecule has 0 saturated heterocycles. The molecule has 4 heteroatoms. The molecule has 0 amide bonds. The number of aromatic nitrogens is 2. The Bertz CT molecular complexity index is 704. The van der Waals surface area contributed by atoms with E-state index >= 15 is 0 Å². The lowest BCUT2D eigenvalue weighted by Gasteiger charge is -2.07. The molecule has 19 heavy (non-hydrogen) atoms. The van der Waals surface area contributed by atoms with E-state index in [1.54, 1.807) is 12.1 Å². The summed E-state index contributed by atoms with van der Waals surface area (Å²) in [5, 5.41) is 9.20. The predicted molar refractivity (Wildman–Crippen MR) is 72.2 cm³/mol. The van der Waals surface area contributed by atoms with E-state index in [9.17, 15) is 9.50 Å². The minimum atomic E-state index is -0.270. The quantitative estimate of drug-likeness (QED) is 0.782. The summed E-state index contributed by atoms with van der Waals surface area (Å²) < 4.78 is 14.9. The molecular formula is C15H13FN2O. The van der Waals surface area contributed by atoms with Gasteiger partial charge >= 0.3 is 0 Å². The van der Waals surface area contributed by atoms with Crippen molar-refractivity contribution in [3.63, 3.8) is 0 Å². The molecule has 0 unspecified atom stereocenters. The van der Waals surface area contributed by atoms with Crippen molar-refractivity contribution in [3.05, 3.63) is 54.3 Å². The Labute approximate surface area is 109 Å². The zero-order valence-corrected chi connectivity index (χ0v) is 10.3. The molecule has 96 valence electrons. The van der Waals surface area contributed by atoms with Crippen molar-refractivity contribution in [2.24, 2.45) is 0 Å². The van der Waals surface area contributed by atoms with Crippen molar-refractivity contribution in [3.8, 4) is 11.4 Å². The molecule has 1 aromatic heterocycles. The van der Waals surface area contributed by atoms with Crippen molar-refractivity contribution in [2.45, 2.75) is 6.54 Å². The van der Waals surface area contributed by atoms with E-state index in [-0.39, 0.29) is 12.4 Å². The summed E-state index contributed by atoms with van der Waals surface area (Å²) in [6.45, 7) is 0.502. The first-order chi connectivity index (χ1) is 9.29. The van der Waals surface area contributed by atoms with Crippen LogP contribution in [-0.2, 0) is 6.54 Å². The van der Waals surface area contributed by atoms with Crippen LogP contribution in [0.4, 0.5) is 4.39 Å². The smallest absolute Gasteiger partial charge is 0.141 e. The number of fused-ring (bicyclic) bond motifs is 1. The van der Waals surface area contributed by atoms with E-state index in [1.165, 1.54) is 12.1 Å². The molecule has 1 N–H and O–H groups in total. The second-order valence-corrected chi connectivity index (χ2v) is 4.31. The van der Waals surface area contributed by atoms with Crippen LogP contribution in [0.1, 0.15) is 0 Å². The Morgan fingerprint density at radius 2 is 1.79 bits per heavy atom. The van der Waals surface area contributed by atoms with Crippen LogP contribution in [0, 0.1) is 5.82 Å². The van der Waals surface area contributed by atoms with E-state index in [2.05, 4.69) is 4.98 Å². The third-order valence-electron chi connectivity index (χ3n) is 3.08. The number of para-hydroxylation sites is 2. The van der Waals surface area contributed by atoms with Crippen LogP contribution in [0.5, 0.6) is 0 Å². The first-order valence-electron chi connectivity index (χ1n) is 6.11. The van der Waals surface area contributed by atoms with Crippen LogP contribution in [0.25, 0.3) is 22.4 Å². The van der Waals surface area contributed by atoms with Gasteiger partial charge in [-0.05, 0) is 36.4 Å². The van der Waals surface area contributed by atoms with Gasteiger partial charge in [0.1, 0.15) is 11.6 Å². The standard InChI is InChI=1S/C15H13FN2O/c16-12-7-5-11(6-8-12)15-17-13-3-1-2-4-14(13)18(15)9-10-19/h1-8,19H,9-10H2. The Morgan fingerprint density at radius 3 is 2.53 bits per heavy atom. The highest BCUT2D eigenvalue weighted by molar-refractivity contribution is 5.80. The fraction of sp³-hybridized carbons (Fsp3) is 0.133. The largest absolute Gasteiger partial charge is 0.395 e. The molecule has 1 heterocycles. The van der Waals surface area contributed by atoms with E-state index in [0.717, 1.165) is 22.4 Å². The zero-order chi connectivity index (χ0) is 13.2. The van der Waals surface area contributed by atoms with Crippen molar-refractivity contribution < 1.29 is 9.50 Å². The highest BCUT2D eigenvalue weighted by atomic mass is 19.1. The molecule has 0 atom stereocenters. The number of halogens is 1. The molecule has 3 aromatic rings. The van der Waals surface area contributed by atoms with Crippen molar-refractivity contribution >= 4 is 11.0 Å². The molecule has 0 radical (unpaired) electrons. The minimum Gasteiger partial charge on any atom is -0.395 e. The van der Waals surface area contributed by atoms with Gasteiger partial charge in [-0.2, -0.15) is 0 Å². The lowest BCUT2D eigenvalue weighted by molar-refractivity contribution is 0.278. The van der Waals surface area contributed by atoms with Crippen LogP contribution < -0.4 is 0 Å². The number of hydrogen-bond donors (Lipinski definition) is 1. The summed E-state index contributed by atoms with van der Waals surface area (Å²) in [4.78, 5) is 4.56. The van der Waals surface area contributed by atoms with Crippen molar-refractivity contribution in [1.82, 2.24) is 9.55 Å². The van der Waals surface area contributed by atoms with Crippen LogP contribution in [0.2, 0.25) is 0 Å². The lowest BCUT2D eigenvalue weighted by Crippen LogP contribution is -2.04. The van der Waals surface area contributed by atoms with Crippen molar-refractivity contribution in [2.75, 3.05) is 6.61 Å². The number of aliphatic hydroxyl groups excluding tert-OH is 1. The highest BCUT2D eigenvalue weighted by Gasteiger charge is 2.11. The van der Waals surface area contributed by atoms with E-state index in [0.29, 0.717) is 6.54 Å². The summed E-state index contributed by atoms with van der Waals surface area (Å²) in [6, 6.07) is 14.0. The normalized spacial score (nSPS) is 11.1. The number of rotatable bonds is 3. The summed E-state index contributed by atoms with van der Waals surface area (Å²) in [7, 11) is 0. The maximum absolute atomic E-state index is 13.0. The molecule has 3 rings (SSSR count). The number of hydrogen-bond acceptors (Lipinski definition) is 2. The molecule has 0 spiro atoms. The van der Waals surface area contributed by atoms with Crippen LogP contribution in [0.15, 0.2) is 48.5 Å². The molecule has 0 saturated carbocycles. The maximum Gasteiger partial charge on any atom is 0.141 e. The Hall–Kier alpha value is -2.20. The van der Waals surface area contributed by atoms with Crippen LogP contribution >= 0.6 is 0 Å². The second kappa shape index (κ2) is 4.82. The van der Waals surface area contributed by atoms with Gasteiger partial charge in [0.2, 0.25) is 0 Å². The van der Waals surface area contributed by atoms with E-state index < -0.39 is 0 Å². The monoisotopic (exact) mass is 256 g/mol. The number of benzene rings is 2. The van der Waals surface area contributed by atoms with E-state index in [4.69, 9.17) is 0 Å². The Kier molecular flexibility index (Phi) is 3.01. The highest BCUT2D eigenvalue weighted by Crippen LogP contribution is 2.24. The average molecular weight is 256 g/mol. The first kappa shape index (κ1) is 11.9. The summed E-state index contributed by atoms with van der Waals surface area (Å²) in [5.74, 6) is 0.476. The lowest BCUT2D eigenvalue weighted by atomic mass is 10.2. The molecule has 0 aliphatic rings. The minimum absolute atomic E-state index is 0.0363. The first-order valence-corrected chi connectivity index (χ1v) is 6.11. The number of imidazole rings is 1. The van der Waals surface area contributed by atoms with Crippen molar-refractivity contribution in [1.29, 1.82) is 0 Å². The van der Waals surface area contributed by atoms with Gasteiger partial charge in [0.15, 0.2) is 0 Å². The third kappa shape index (κ3) is 2.11. The van der Waals surface area contributed by atoms with Crippen LogP contribution in [-0.4, -0.2) is 21.3 Å². The van der Waals surface area contributed by atoms with Gasteiger partial charge in [-0.1, -0.05) is 12.1 Å². The molecule has 2 aromatic carbocycles. The van der Waals surface area contributed by atoms with Gasteiger partial charge in [-0.15, -0.1) is 0 Å². The van der Waals surface area contributed by atoms with E-state index in [1.807, 2.05) is 28.8 Å². The molecule has 0 aliphatic carbocycles. The van der Waals surface area contributed by atoms with Gasteiger partial charge < -0.3 is 9.67 Å². The van der Waals surface area contributed by atoms with Crippen LogP contribution in [0.3, 0.4) is 0 Å². The SMILES string of the molecule is OCCn1c(-c2ccc(F)cc2)nc2ccccc21. The molecule has 0 aliphatic heterocycles. The molecule has 0 bridgehead atoms. The topological polar surface area (TPSA) is 38.0 Å². The fourth-order valence-corrected chi connectivity index (χ4v) is 2.22. The van der Waals surface area contributed by atoms with Gasteiger partial charge in [0.05, 0.1) is 17.6 Å². The Balaban J connectivity index is 2.21. The van der Waals surface area contributed by atoms with Gasteiger partial charge in [-0.3, -0.25) is 0 Å². The molecule has 0 fully saturated rings. The molecule has 3 nitrogen and oxygen atoms in total. The predicted octanol–water partition coefficient (Wildman–Crippen LogP) is 2.83. The van der Waals surface area contributed by atoms with Gasteiger partial charge in [-0.25, -0.2) is 9.37 Å². The number of aliphatic hydroxyl groups is 1. The second-order valence-electron chi connectivity index (χ2n) is 4.31. The summed E-state index contributed by atoms with van der Waals surface area (Å²) in [6.07, 6.45) is 0. The molecular weight excluding hydrogens is 243 g/mol. The van der Waals surface area contributed by atoms with Gasteiger partial charge in [0.25, 0.3) is 0 Å². The summed E-state index contributed by atoms with van der Waals surface area (Å²) in [5.41, 5.74) is 2.68. The number of nitrogens with zero attached hydrogens (tertiary/aromatic N) is 2. The Morgan fingerprint density at radius 1 is 1.05 bits per heavy atom. The van der Waals surface area contributed by atoms with Gasteiger partial charge in [0, 0.05) is 12.1 Å². The average Bonchev–Trinajstić information content (AvgIpc) is 2.79. The third-order valence-corrected chi connectivity index (χ3v) is 3.08.